The van der Waals surface area contributed by atoms with Crippen LogP contribution in [0.25, 0.3) is 0 Å². The van der Waals surface area contributed by atoms with Crippen LogP contribution in [0.3, 0.4) is 0 Å². The zero-order valence-electron chi connectivity index (χ0n) is 15.6. The molecule has 0 aliphatic rings. The molecule has 0 saturated carbocycles. The van der Waals surface area contributed by atoms with Crippen LogP contribution in [-0.2, 0) is 13.6 Å². The monoisotopic (exact) mass is 360 g/mol. The van der Waals surface area contributed by atoms with Crippen LogP contribution in [0.1, 0.15) is 59.3 Å². The predicted octanol–water partition coefficient (Wildman–Crippen LogP) is 5.58. The first-order valence-electron chi connectivity index (χ1n) is 8.08. The molecule has 5 nitrogen and oxygen atoms in total. The third-order valence-corrected chi connectivity index (χ3v) is 8.73. The number of phosphoric ester groups is 1. The maximum atomic E-state index is 10.1. The van der Waals surface area contributed by atoms with E-state index in [1.807, 2.05) is 0 Å². The Balaban J connectivity index is -0.000000385. The molecule has 0 saturated heterocycles. The number of rotatable bonds is 11. The Bertz CT molecular complexity index is 248. The summed E-state index contributed by atoms with van der Waals surface area (Å²) in [5.74, 6) is 0. The van der Waals surface area contributed by atoms with Gasteiger partial charge in [0.2, 0.25) is 0 Å². The molecule has 0 aromatic heterocycles. The molecule has 0 aromatic rings. The summed E-state index contributed by atoms with van der Waals surface area (Å²) in [6, 6.07) is 0. The maximum absolute atomic E-state index is 10.1. The summed E-state index contributed by atoms with van der Waals surface area (Å²) < 4.78 is 18.0. The molecule has 4 N–H and O–H groups in total. The Morgan fingerprint density at radius 1 is 0.864 bits per heavy atom. The lowest BCUT2D eigenvalue weighted by Gasteiger charge is -2.22. The first kappa shape index (κ1) is 27.4. The minimum absolute atomic E-state index is 0. The van der Waals surface area contributed by atoms with E-state index < -0.39 is 15.1 Å². The van der Waals surface area contributed by atoms with E-state index in [1.54, 1.807) is 18.5 Å². The van der Waals surface area contributed by atoms with Crippen LogP contribution >= 0.6 is 15.1 Å². The van der Waals surface area contributed by atoms with Crippen LogP contribution in [0.15, 0.2) is 0 Å². The van der Waals surface area contributed by atoms with Gasteiger partial charge in [0.15, 0.2) is 0 Å². The fraction of sp³-hybridized carbons (Fsp3) is 1.00. The summed E-state index contributed by atoms with van der Waals surface area (Å²) >= 11 is 0. The summed E-state index contributed by atoms with van der Waals surface area (Å²) in [6.07, 6.45) is 13.2. The Labute approximate surface area is 139 Å². The summed E-state index contributed by atoms with van der Waals surface area (Å²) in [4.78, 5) is 8.24. The molecule has 0 radical (unpaired) electrons. The summed E-state index contributed by atoms with van der Waals surface area (Å²) in [5.41, 5.74) is 0. The number of phosphoric acid groups is 1. The van der Waals surface area contributed by atoms with Gasteiger partial charge in [-0.05, 0) is 19.3 Å². The predicted molar refractivity (Wildman–Crippen MR) is 101 cm³/mol. The van der Waals surface area contributed by atoms with Crippen LogP contribution in [0.2, 0.25) is 0 Å². The van der Waals surface area contributed by atoms with Crippen LogP contribution in [-0.4, -0.2) is 44.3 Å². The second kappa shape index (κ2) is 16.4. The lowest BCUT2D eigenvalue weighted by Crippen LogP contribution is -2.07. The average Bonchev–Trinajstić information content (AvgIpc) is 2.50. The molecule has 0 aliphatic heterocycles. The van der Waals surface area contributed by atoms with Crippen molar-refractivity contribution < 1.29 is 18.5 Å². The van der Waals surface area contributed by atoms with Gasteiger partial charge in [-0.25, -0.2) is 4.57 Å². The maximum Gasteiger partial charge on any atom is 0.471 e. The smallest absolute Gasteiger partial charge is 0.344 e. The van der Waals surface area contributed by atoms with Gasteiger partial charge in [-0.15, -0.1) is 0 Å². The number of unbranched alkanes of at least 4 members (excludes halogenated alkanes) is 3. The number of hydrogen-bond donors (Lipinski definition) is 2. The molecule has 0 rings (SSSR count). The SMILES string of the molecule is CCCC[P+](C)(CCCC)CCCC.COP(=O)(O)OC.N. The molecule has 0 heterocycles. The molecule has 0 unspecified atom stereocenters. The van der Waals surface area contributed by atoms with Crippen molar-refractivity contribution >= 4 is 15.1 Å². The molecule has 22 heavy (non-hydrogen) atoms. The van der Waals surface area contributed by atoms with Gasteiger partial charge in [-0.3, -0.25) is 9.05 Å². The normalized spacial score (nSPS) is 11.4. The molecule has 0 bridgehead atoms. The highest BCUT2D eigenvalue weighted by Gasteiger charge is 2.28. The fourth-order valence-corrected chi connectivity index (χ4v) is 6.09. The molecule has 7 heteroatoms. The number of hydrogen-bond acceptors (Lipinski definition) is 4. The van der Waals surface area contributed by atoms with Crippen molar-refractivity contribution in [3.05, 3.63) is 0 Å². The molecular weight excluding hydrogens is 320 g/mol. The summed E-state index contributed by atoms with van der Waals surface area (Å²) in [7, 11) is -1.97. The van der Waals surface area contributed by atoms with Crippen molar-refractivity contribution in [3.8, 4) is 0 Å². The van der Waals surface area contributed by atoms with Gasteiger partial charge >= 0.3 is 7.82 Å². The standard InChI is InChI=1S/C13H30P.C2H7O4P.H3N/c1-5-8-11-14(4,12-9-6-2)13-10-7-3;1-5-7(3,4)6-2;/h5-13H2,1-4H3;1-2H3,(H,3,4);1H3/q+1;;. The van der Waals surface area contributed by atoms with Gasteiger partial charge < -0.3 is 11.0 Å². The molecular formula is C15H40NO4P2+. The van der Waals surface area contributed by atoms with E-state index >= 15 is 0 Å². The summed E-state index contributed by atoms with van der Waals surface area (Å²) in [5, 5.41) is 0. The van der Waals surface area contributed by atoms with Gasteiger partial charge in [0, 0.05) is 28.1 Å². The van der Waals surface area contributed by atoms with Crippen molar-refractivity contribution in [2.75, 3.05) is 39.4 Å². The quantitative estimate of drug-likeness (QED) is 0.470. The molecule has 0 spiro atoms. The van der Waals surface area contributed by atoms with E-state index in [0.29, 0.717) is 0 Å². The molecule has 0 aliphatic carbocycles. The van der Waals surface area contributed by atoms with E-state index in [-0.39, 0.29) is 6.15 Å². The van der Waals surface area contributed by atoms with Crippen LogP contribution < -0.4 is 6.15 Å². The third kappa shape index (κ3) is 16.9. The largest absolute Gasteiger partial charge is 0.471 e. The van der Waals surface area contributed by atoms with Gasteiger partial charge in [-0.2, -0.15) is 0 Å². The molecule has 0 amide bonds. The summed E-state index contributed by atoms with van der Waals surface area (Å²) in [6.45, 7) is 9.59. The highest BCUT2D eigenvalue weighted by Crippen LogP contribution is 2.57. The Morgan fingerprint density at radius 2 is 1.14 bits per heavy atom. The third-order valence-electron chi connectivity index (χ3n) is 3.62. The first-order chi connectivity index (χ1) is 9.80. The second-order valence-corrected chi connectivity index (χ2v) is 11.9. The van der Waals surface area contributed by atoms with E-state index in [0.717, 1.165) is 14.2 Å². The van der Waals surface area contributed by atoms with Crippen LogP contribution in [0.4, 0.5) is 0 Å². The van der Waals surface area contributed by atoms with Gasteiger partial charge in [0.1, 0.15) is 0 Å². The minimum Gasteiger partial charge on any atom is -0.344 e. The van der Waals surface area contributed by atoms with E-state index in [4.69, 9.17) is 4.89 Å². The Morgan fingerprint density at radius 3 is 1.27 bits per heavy atom. The highest BCUT2D eigenvalue weighted by molar-refractivity contribution is 7.75. The second-order valence-electron chi connectivity index (χ2n) is 5.68. The molecule has 138 valence electrons. The van der Waals surface area contributed by atoms with E-state index in [1.165, 1.54) is 38.5 Å². The highest BCUT2D eigenvalue weighted by atomic mass is 31.2. The van der Waals surface area contributed by atoms with Crippen molar-refractivity contribution in [2.45, 2.75) is 59.3 Å². The van der Waals surface area contributed by atoms with Crippen molar-refractivity contribution in [3.63, 3.8) is 0 Å². The lowest BCUT2D eigenvalue weighted by atomic mass is 10.4. The first-order valence-corrected chi connectivity index (χ1v) is 12.4. The van der Waals surface area contributed by atoms with Gasteiger partial charge in [-0.1, -0.05) is 40.0 Å². The zero-order valence-corrected chi connectivity index (χ0v) is 17.4. The topological polar surface area (TPSA) is 90.8 Å². The van der Waals surface area contributed by atoms with Crippen LogP contribution in [0, 0.1) is 0 Å². The van der Waals surface area contributed by atoms with Crippen molar-refractivity contribution in [2.24, 2.45) is 0 Å². The fourth-order valence-electron chi connectivity index (χ4n) is 2.03. The van der Waals surface area contributed by atoms with Crippen molar-refractivity contribution in [1.82, 2.24) is 6.15 Å². The zero-order chi connectivity index (χ0) is 16.8. The lowest BCUT2D eigenvalue weighted by molar-refractivity contribution is 0.204. The Hall–Kier alpha value is 0.500. The molecule has 0 fully saturated rings. The molecule has 0 aromatic carbocycles. The average molecular weight is 360 g/mol. The van der Waals surface area contributed by atoms with Crippen LogP contribution in [0.5, 0.6) is 0 Å². The van der Waals surface area contributed by atoms with Crippen molar-refractivity contribution in [1.29, 1.82) is 0 Å². The Kier molecular flexibility index (Phi) is 20.3. The van der Waals surface area contributed by atoms with E-state index in [9.17, 15) is 4.57 Å². The molecule has 0 atom stereocenters. The van der Waals surface area contributed by atoms with E-state index in [2.05, 4.69) is 36.5 Å². The minimum atomic E-state index is -3.65. The van der Waals surface area contributed by atoms with Gasteiger partial charge in [0.05, 0.1) is 18.5 Å². The van der Waals surface area contributed by atoms with Gasteiger partial charge in [0.25, 0.3) is 0 Å².